The predicted molar refractivity (Wildman–Crippen MR) is 56.8 cm³/mol. The molecule has 0 aromatic heterocycles. The Bertz CT molecular complexity index is 117. The van der Waals surface area contributed by atoms with Gasteiger partial charge in [0, 0.05) is 0 Å². The summed E-state index contributed by atoms with van der Waals surface area (Å²) in [6, 6.07) is 0. The lowest BCUT2D eigenvalue weighted by atomic mass is 10.2. The predicted octanol–water partition coefficient (Wildman–Crippen LogP) is 4.13. The average Bonchev–Trinajstić information content (AvgIpc) is 2.04. The molecule has 0 N–H and O–H groups in total. The lowest BCUT2D eigenvalue weighted by Crippen LogP contribution is -1.63. The summed E-state index contributed by atoms with van der Waals surface area (Å²) < 4.78 is 0. The van der Waals surface area contributed by atoms with E-state index in [0.717, 1.165) is 5.57 Å². The third kappa shape index (κ3) is 12.2. The highest BCUT2D eigenvalue weighted by molar-refractivity contribution is 5.30. The molecule has 0 aromatic rings. The van der Waals surface area contributed by atoms with Crippen molar-refractivity contribution in [2.45, 2.75) is 21.3 Å². The zero-order valence-electron chi connectivity index (χ0n) is 6.93. The monoisotopic (exact) mass is 152 g/mol. The van der Waals surface area contributed by atoms with Crippen LogP contribution < -0.4 is 0 Å². The first-order valence-electron chi connectivity index (χ1n) is 3.42. The van der Waals surface area contributed by atoms with E-state index < -0.39 is 0 Å². The Balaban J connectivity index is -0.000000196. The fourth-order valence-corrected chi connectivity index (χ4v) is 0.355. The summed E-state index contributed by atoms with van der Waals surface area (Å²) in [5, 5.41) is 0. The Kier molecular flexibility index (Phi) is 24.0. The molecule has 0 radical (unpaired) electrons. The van der Waals surface area contributed by atoms with E-state index in [1.165, 1.54) is 0 Å². The SMILES string of the molecule is C.C=CC=C(C=C)C=C.CC. The van der Waals surface area contributed by atoms with Gasteiger partial charge in [-0.1, -0.05) is 65.3 Å². The van der Waals surface area contributed by atoms with E-state index in [1.54, 1.807) is 18.2 Å². The summed E-state index contributed by atoms with van der Waals surface area (Å²) in [6.07, 6.45) is 7.02. The summed E-state index contributed by atoms with van der Waals surface area (Å²) in [6.45, 7) is 14.7. The number of hydrogen-bond acceptors (Lipinski definition) is 0. The van der Waals surface area contributed by atoms with Crippen molar-refractivity contribution in [1.29, 1.82) is 0 Å². The molecule has 0 spiro atoms. The zero-order valence-corrected chi connectivity index (χ0v) is 6.93. The molecule has 0 heterocycles. The largest absolute Gasteiger partial charge is 0.0990 e. The Morgan fingerprint density at radius 1 is 1.00 bits per heavy atom. The van der Waals surface area contributed by atoms with Crippen LogP contribution in [-0.2, 0) is 0 Å². The van der Waals surface area contributed by atoms with Crippen LogP contribution in [-0.4, -0.2) is 0 Å². The van der Waals surface area contributed by atoms with Crippen molar-refractivity contribution in [1.82, 2.24) is 0 Å². The van der Waals surface area contributed by atoms with E-state index >= 15 is 0 Å². The van der Waals surface area contributed by atoms with Crippen LogP contribution in [0.1, 0.15) is 21.3 Å². The van der Waals surface area contributed by atoms with Gasteiger partial charge < -0.3 is 0 Å². The fraction of sp³-hybridized carbons (Fsp3) is 0.273. The van der Waals surface area contributed by atoms with Crippen molar-refractivity contribution in [3.8, 4) is 0 Å². The molecular weight excluding hydrogens is 132 g/mol. The van der Waals surface area contributed by atoms with Gasteiger partial charge in [0.15, 0.2) is 0 Å². The van der Waals surface area contributed by atoms with Gasteiger partial charge in [0.1, 0.15) is 0 Å². The molecule has 0 saturated heterocycles. The van der Waals surface area contributed by atoms with E-state index in [1.807, 2.05) is 19.9 Å². The topological polar surface area (TPSA) is 0 Å². The highest BCUT2D eigenvalue weighted by atomic mass is 13.8. The van der Waals surface area contributed by atoms with Crippen LogP contribution in [0.4, 0.5) is 0 Å². The summed E-state index contributed by atoms with van der Waals surface area (Å²) in [5.41, 5.74) is 1.00. The highest BCUT2D eigenvalue weighted by Gasteiger charge is 1.73. The second-order valence-corrected chi connectivity index (χ2v) is 1.31. The van der Waals surface area contributed by atoms with Crippen molar-refractivity contribution in [2.24, 2.45) is 0 Å². The Hall–Kier alpha value is -1.04. The molecule has 0 heteroatoms. The fourth-order valence-electron chi connectivity index (χ4n) is 0.355. The van der Waals surface area contributed by atoms with Gasteiger partial charge in [-0.15, -0.1) is 0 Å². The van der Waals surface area contributed by atoms with Crippen LogP contribution >= 0.6 is 0 Å². The summed E-state index contributed by atoms with van der Waals surface area (Å²) >= 11 is 0. The van der Waals surface area contributed by atoms with Gasteiger partial charge in [-0.05, 0) is 5.57 Å². The molecule has 0 nitrogen and oxygen atoms in total. The molecule has 0 aliphatic carbocycles. The lowest BCUT2D eigenvalue weighted by molar-refractivity contribution is 1.50. The molecular formula is C11H20. The normalized spacial score (nSPS) is 5.64. The molecule has 0 aromatic carbocycles. The molecule has 0 aliphatic rings. The van der Waals surface area contributed by atoms with E-state index in [2.05, 4.69) is 19.7 Å². The van der Waals surface area contributed by atoms with Gasteiger partial charge in [-0.25, -0.2) is 0 Å². The second-order valence-electron chi connectivity index (χ2n) is 1.31. The zero-order chi connectivity index (χ0) is 8.41. The van der Waals surface area contributed by atoms with Gasteiger partial charge in [0.05, 0.1) is 0 Å². The first kappa shape index (κ1) is 16.5. The van der Waals surface area contributed by atoms with Crippen LogP contribution in [0, 0.1) is 0 Å². The van der Waals surface area contributed by atoms with E-state index in [-0.39, 0.29) is 7.43 Å². The van der Waals surface area contributed by atoms with Gasteiger partial charge in [0.25, 0.3) is 0 Å². The molecule has 11 heavy (non-hydrogen) atoms. The standard InChI is InChI=1S/C8H10.C2H6.CH4/c1-4-7-8(5-2)6-3;1-2;/h4-7H,1-3H2;1-2H3;1H4. The van der Waals surface area contributed by atoms with Gasteiger partial charge in [-0.3, -0.25) is 0 Å². The van der Waals surface area contributed by atoms with Crippen molar-refractivity contribution in [2.75, 3.05) is 0 Å². The molecule has 0 atom stereocenters. The Morgan fingerprint density at radius 3 is 1.45 bits per heavy atom. The molecule has 0 unspecified atom stereocenters. The third-order valence-corrected chi connectivity index (χ3v) is 0.782. The number of hydrogen-bond donors (Lipinski definition) is 0. The third-order valence-electron chi connectivity index (χ3n) is 0.782. The van der Waals surface area contributed by atoms with E-state index in [4.69, 9.17) is 0 Å². The van der Waals surface area contributed by atoms with Crippen molar-refractivity contribution < 1.29 is 0 Å². The van der Waals surface area contributed by atoms with Gasteiger partial charge in [0.2, 0.25) is 0 Å². The highest BCUT2D eigenvalue weighted by Crippen LogP contribution is 1.94. The smallest absolute Gasteiger partial charge is 0.0269 e. The number of allylic oxidation sites excluding steroid dienone is 5. The molecule has 0 saturated carbocycles. The van der Waals surface area contributed by atoms with Gasteiger partial charge >= 0.3 is 0 Å². The maximum absolute atomic E-state index is 3.56. The molecule has 64 valence electrons. The molecule has 0 bridgehead atoms. The van der Waals surface area contributed by atoms with Crippen molar-refractivity contribution in [3.63, 3.8) is 0 Å². The minimum atomic E-state index is 0. The Morgan fingerprint density at radius 2 is 1.36 bits per heavy atom. The molecule has 0 aliphatic heterocycles. The summed E-state index contributed by atoms with van der Waals surface area (Å²) in [7, 11) is 0. The van der Waals surface area contributed by atoms with Crippen molar-refractivity contribution >= 4 is 0 Å². The van der Waals surface area contributed by atoms with Crippen LogP contribution in [0.2, 0.25) is 0 Å². The minimum Gasteiger partial charge on any atom is -0.0990 e. The quantitative estimate of drug-likeness (QED) is 0.533. The van der Waals surface area contributed by atoms with Crippen LogP contribution in [0.3, 0.4) is 0 Å². The van der Waals surface area contributed by atoms with E-state index in [9.17, 15) is 0 Å². The maximum atomic E-state index is 3.56. The minimum absolute atomic E-state index is 0. The van der Waals surface area contributed by atoms with Crippen molar-refractivity contribution in [3.05, 3.63) is 49.6 Å². The molecule has 0 amide bonds. The second kappa shape index (κ2) is 16.0. The first-order valence-corrected chi connectivity index (χ1v) is 3.42. The molecule has 0 fully saturated rings. The van der Waals surface area contributed by atoms with Crippen LogP contribution in [0.15, 0.2) is 49.6 Å². The average molecular weight is 152 g/mol. The Labute approximate surface area is 71.6 Å². The number of rotatable bonds is 3. The van der Waals surface area contributed by atoms with E-state index in [0.29, 0.717) is 0 Å². The summed E-state index contributed by atoms with van der Waals surface area (Å²) in [5.74, 6) is 0. The first-order chi connectivity index (χ1) is 4.85. The maximum Gasteiger partial charge on any atom is -0.0269 e. The molecule has 0 rings (SSSR count). The van der Waals surface area contributed by atoms with Crippen LogP contribution in [0.5, 0.6) is 0 Å². The van der Waals surface area contributed by atoms with Gasteiger partial charge in [-0.2, -0.15) is 0 Å². The summed E-state index contributed by atoms with van der Waals surface area (Å²) in [4.78, 5) is 0. The van der Waals surface area contributed by atoms with Crippen LogP contribution in [0.25, 0.3) is 0 Å². The lowest BCUT2D eigenvalue weighted by Gasteiger charge is -1.83.